The number of rotatable bonds is 7. The summed E-state index contributed by atoms with van der Waals surface area (Å²) in [6.07, 6.45) is 7.98. The number of hydrogen-bond acceptors (Lipinski definition) is 4. The molecule has 0 aromatic heterocycles. The smallest absolute Gasteiger partial charge is 0.307 e. The molecular formula is C23H34FNO2S. The lowest BCUT2D eigenvalue weighted by Gasteiger charge is -2.23. The Balaban J connectivity index is 1.58. The van der Waals surface area contributed by atoms with E-state index < -0.39 is 5.60 Å². The third-order valence-corrected chi connectivity index (χ3v) is 7.09. The molecule has 0 amide bonds. The van der Waals surface area contributed by atoms with E-state index >= 15 is 0 Å². The average Bonchev–Trinajstić information content (AvgIpc) is 3.24. The summed E-state index contributed by atoms with van der Waals surface area (Å²) >= 11 is 1.88. The Morgan fingerprint density at radius 3 is 2.71 bits per heavy atom. The van der Waals surface area contributed by atoms with Crippen LogP contribution in [0.5, 0.6) is 0 Å². The first-order chi connectivity index (χ1) is 13.3. The van der Waals surface area contributed by atoms with Gasteiger partial charge in [-0.05, 0) is 57.2 Å². The van der Waals surface area contributed by atoms with E-state index in [2.05, 4.69) is 5.32 Å². The number of carbonyl (C=O) groups is 1. The van der Waals surface area contributed by atoms with E-state index in [4.69, 9.17) is 4.74 Å². The van der Waals surface area contributed by atoms with Gasteiger partial charge in [0.25, 0.3) is 0 Å². The van der Waals surface area contributed by atoms with Gasteiger partial charge in [0.2, 0.25) is 0 Å². The number of halogens is 1. The van der Waals surface area contributed by atoms with Crippen molar-refractivity contribution in [1.82, 2.24) is 5.32 Å². The van der Waals surface area contributed by atoms with Gasteiger partial charge in [0.1, 0.15) is 11.4 Å². The maximum Gasteiger partial charge on any atom is 0.307 e. The summed E-state index contributed by atoms with van der Waals surface area (Å²) in [5.74, 6) is 1.28. The summed E-state index contributed by atoms with van der Waals surface area (Å²) in [6.45, 7) is 5.71. The molecule has 2 aliphatic rings. The minimum Gasteiger partial charge on any atom is -0.460 e. The normalized spacial score (nSPS) is 25.9. The quantitative estimate of drug-likeness (QED) is 0.594. The van der Waals surface area contributed by atoms with Crippen LogP contribution in [0.15, 0.2) is 24.3 Å². The largest absolute Gasteiger partial charge is 0.460 e. The van der Waals surface area contributed by atoms with Crippen molar-refractivity contribution in [2.75, 3.05) is 5.75 Å². The van der Waals surface area contributed by atoms with Crippen LogP contribution in [0, 0.1) is 11.7 Å². The van der Waals surface area contributed by atoms with Gasteiger partial charge >= 0.3 is 5.97 Å². The molecule has 28 heavy (non-hydrogen) atoms. The summed E-state index contributed by atoms with van der Waals surface area (Å²) in [4.78, 5) is 12.0. The van der Waals surface area contributed by atoms with Crippen molar-refractivity contribution in [1.29, 1.82) is 0 Å². The zero-order valence-electron chi connectivity index (χ0n) is 17.4. The minimum absolute atomic E-state index is 0.125. The molecule has 1 N–H and O–H groups in total. The molecule has 2 fully saturated rings. The maximum absolute atomic E-state index is 13.7. The van der Waals surface area contributed by atoms with E-state index in [1.807, 2.05) is 38.6 Å². The standard InChI is InChI=1S/C23H34FNO2S/c1-23(2,3)27-22(26)11-12-28-21-15-19(17-9-6-10-18(24)14-17)25-20(21)13-16-7-4-5-8-16/h6,9-10,14,16,19-21,25H,4-5,7-8,11-13,15H2,1-3H3. The van der Waals surface area contributed by atoms with Crippen LogP contribution in [0.2, 0.25) is 0 Å². The van der Waals surface area contributed by atoms with Gasteiger partial charge in [-0.2, -0.15) is 11.8 Å². The monoisotopic (exact) mass is 407 g/mol. The van der Waals surface area contributed by atoms with E-state index in [1.54, 1.807) is 12.1 Å². The molecule has 1 aromatic carbocycles. The molecule has 1 aliphatic carbocycles. The molecule has 3 nitrogen and oxygen atoms in total. The average molecular weight is 408 g/mol. The molecular weight excluding hydrogens is 373 g/mol. The Bertz CT molecular complexity index is 654. The Kier molecular flexibility index (Phi) is 7.43. The van der Waals surface area contributed by atoms with Crippen LogP contribution in [-0.2, 0) is 9.53 Å². The molecule has 0 spiro atoms. The molecule has 1 heterocycles. The fourth-order valence-corrected chi connectivity index (χ4v) is 5.82. The van der Waals surface area contributed by atoms with Crippen molar-refractivity contribution in [2.45, 2.75) is 88.7 Å². The van der Waals surface area contributed by atoms with Crippen LogP contribution in [0.1, 0.15) is 77.3 Å². The van der Waals surface area contributed by atoms with E-state index in [1.165, 1.54) is 38.2 Å². The lowest BCUT2D eigenvalue weighted by Crippen LogP contribution is -2.32. The highest BCUT2D eigenvalue weighted by Crippen LogP contribution is 2.39. The predicted octanol–water partition coefficient (Wildman–Crippen LogP) is 5.64. The van der Waals surface area contributed by atoms with Crippen molar-refractivity contribution in [3.05, 3.63) is 35.6 Å². The van der Waals surface area contributed by atoms with Gasteiger partial charge in [0.15, 0.2) is 0 Å². The summed E-state index contributed by atoms with van der Waals surface area (Å²) in [7, 11) is 0. The number of esters is 1. The second-order valence-corrected chi connectivity index (χ2v) is 10.6. The van der Waals surface area contributed by atoms with Gasteiger partial charge < -0.3 is 10.1 Å². The lowest BCUT2D eigenvalue weighted by molar-refractivity contribution is -0.154. The zero-order chi connectivity index (χ0) is 20.1. The van der Waals surface area contributed by atoms with Gasteiger partial charge in [-0.15, -0.1) is 0 Å². The molecule has 1 saturated carbocycles. The van der Waals surface area contributed by atoms with Gasteiger partial charge in [0, 0.05) is 23.1 Å². The van der Waals surface area contributed by atoms with Crippen LogP contribution >= 0.6 is 11.8 Å². The van der Waals surface area contributed by atoms with E-state index in [0.717, 1.165) is 23.7 Å². The Hall–Kier alpha value is -1.07. The number of benzene rings is 1. The summed E-state index contributed by atoms with van der Waals surface area (Å²) in [6, 6.07) is 7.59. The van der Waals surface area contributed by atoms with Crippen molar-refractivity contribution >= 4 is 17.7 Å². The number of carbonyl (C=O) groups excluding carboxylic acids is 1. The molecule has 0 radical (unpaired) electrons. The Morgan fingerprint density at radius 2 is 2.04 bits per heavy atom. The number of hydrogen-bond donors (Lipinski definition) is 1. The van der Waals surface area contributed by atoms with E-state index in [-0.39, 0.29) is 17.8 Å². The third kappa shape index (κ3) is 6.48. The molecule has 0 bridgehead atoms. The number of thioether (sulfide) groups is 1. The molecule has 1 aromatic rings. The van der Waals surface area contributed by atoms with Gasteiger partial charge in [0.05, 0.1) is 6.42 Å². The third-order valence-electron chi connectivity index (χ3n) is 5.70. The van der Waals surface area contributed by atoms with E-state index in [9.17, 15) is 9.18 Å². The molecule has 3 rings (SSSR count). The van der Waals surface area contributed by atoms with Crippen LogP contribution in [0.4, 0.5) is 4.39 Å². The van der Waals surface area contributed by atoms with Crippen LogP contribution in [0.3, 0.4) is 0 Å². The van der Waals surface area contributed by atoms with Crippen LogP contribution in [0.25, 0.3) is 0 Å². The predicted molar refractivity (Wildman–Crippen MR) is 114 cm³/mol. The van der Waals surface area contributed by atoms with Crippen molar-refractivity contribution < 1.29 is 13.9 Å². The second-order valence-electron chi connectivity index (χ2n) is 9.25. The molecule has 1 aliphatic heterocycles. The minimum atomic E-state index is -0.426. The molecule has 156 valence electrons. The van der Waals surface area contributed by atoms with Crippen LogP contribution in [-0.4, -0.2) is 28.6 Å². The number of nitrogens with one attached hydrogen (secondary N) is 1. The van der Waals surface area contributed by atoms with Crippen molar-refractivity contribution in [3.8, 4) is 0 Å². The zero-order valence-corrected chi connectivity index (χ0v) is 18.2. The molecule has 5 heteroatoms. The SMILES string of the molecule is CC(C)(C)OC(=O)CCSC1CC(c2cccc(F)c2)NC1CC1CCCC1. The van der Waals surface area contributed by atoms with Gasteiger partial charge in [-0.25, -0.2) is 4.39 Å². The lowest BCUT2D eigenvalue weighted by atomic mass is 9.97. The van der Waals surface area contributed by atoms with Crippen molar-refractivity contribution in [3.63, 3.8) is 0 Å². The second kappa shape index (κ2) is 9.62. The first-order valence-corrected chi connectivity index (χ1v) is 11.7. The summed E-state index contributed by atoms with van der Waals surface area (Å²) < 4.78 is 19.1. The highest BCUT2D eigenvalue weighted by Gasteiger charge is 2.36. The first kappa shape index (κ1) is 21.6. The molecule has 3 unspecified atom stereocenters. The topological polar surface area (TPSA) is 38.3 Å². The van der Waals surface area contributed by atoms with Gasteiger partial charge in [-0.1, -0.05) is 37.8 Å². The molecule has 1 saturated heterocycles. The van der Waals surface area contributed by atoms with Crippen LogP contribution < -0.4 is 5.32 Å². The highest BCUT2D eigenvalue weighted by molar-refractivity contribution is 8.00. The van der Waals surface area contributed by atoms with E-state index in [0.29, 0.717) is 17.7 Å². The first-order valence-electron chi connectivity index (χ1n) is 10.6. The Morgan fingerprint density at radius 1 is 1.29 bits per heavy atom. The fraction of sp³-hybridized carbons (Fsp3) is 0.696. The Labute approximate surface area is 173 Å². The fourth-order valence-electron chi connectivity index (χ4n) is 4.48. The molecule has 3 atom stereocenters. The highest BCUT2D eigenvalue weighted by atomic mass is 32.2. The van der Waals surface area contributed by atoms with Gasteiger partial charge in [-0.3, -0.25) is 4.79 Å². The summed E-state index contributed by atoms with van der Waals surface area (Å²) in [5.41, 5.74) is 0.608. The van der Waals surface area contributed by atoms with Crippen molar-refractivity contribution in [2.24, 2.45) is 5.92 Å². The number of ether oxygens (including phenoxy) is 1. The maximum atomic E-state index is 13.7. The summed E-state index contributed by atoms with van der Waals surface area (Å²) in [5, 5.41) is 4.24.